The Bertz CT molecular complexity index is 399. The van der Waals surface area contributed by atoms with Gasteiger partial charge in [0.2, 0.25) is 0 Å². The second-order valence-corrected chi connectivity index (χ2v) is 5.46. The van der Waals surface area contributed by atoms with Crippen molar-refractivity contribution in [2.45, 2.75) is 31.5 Å². The van der Waals surface area contributed by atoms with E-state index in [0.29, 0.717) is 16.8 Å². The Morgan fingerprint density at radius 1 is 1.33 bits per heavy atom. The Morgan fingerprint density at radius 2 is 2.00 bits per heavy atom. The number of anilines is 1. The summed E-state index contributed by atoms with van der Waals surface area (Å²) in [6, 6.07) is 2.84. The number of hydrogen-bond donors (Lipinski definition) is 0. The van der Waals surface area contributed by atoms with Crippen LogP contribution in [0, 0.1) is 17.6 Å². The summed E-state index contributed by atoms with van der Waals surface area (Å²) < 4.78 is 28.0. The SMILES string of the molecule is CCC1CCCN(c2c(F)cc(CBr)cc2F)C1. The molecule has 0 radical (unpaired) electrons. The van der Waals surface area contributed by atoms with Gasteiger partial charge in [0.25, 0.3) is 0 Å². The molecule has 0 aliphatic carbocycles. The van der Waals surface area contributed by atoms with Crippen LogP contribution in [0.15, 0.2) is 12.1 Å². The third-order valence-electron chi connectivity index (χ3n) is 3.64. The highest BCUT2D eigenvalue weighted by atomic mass is 79.9. The molecule has 0 spiro atoms. The zero-order valence-corrected chi connectivity index (χ0v) is 12.1. The lowest BCUT2D eigenvalue weighted by atomic mass is 9.95. The number of nitrogens with zero attached hydrogens (tertiary/aromatic N) is 1. The molecule has 1 aromatic carbocycles. The predicted octanol–water partition coefficient (Wildman–Crippen LogP) is 4.49. The lowest BCUT2D eigenvalue weighted by Gasteiger charge is -2.34. The second kappa shape index (κ2) is 6.00. The van der Waals surface area contributed by atoms with Gasteiger partial charge in [-0.2, -0.15) is 0 Å². The van der Waals surface area contributed by atoms with Crippen molar-refractivity contribution < 1.29 is 8.78 Å². The van der Waals surface area contributed by atoms with Gasteiger partial charge in [0.05, 0.1) is 0 Å². The van der Waals surface area contributed by atoms with Crippen molar-refractivity contribution in [2.24, 2.45) is 5.92 Å². The van der Waals surface area contributed by atoms with Crippen LogP contribution >= 0.6 is 15.9 Å². The minimum Gasteiger partial charge on any atom is -0.367 e. The quantitative estimate of drug-likeness (QED) is 0.743. The third-order valence-corrected chi connectivity index (χ3v) is 4.29. The first-order valence-corrected chi connectivity index (χ1v) is 7.56. The third kappa shape index (κ3) is 2.85. The zero-order chi connectivity index (χ0) is 13.1. The van der Waals surface area contributed by atoms with Crippen LogP contribution in [0.5, 0.6) is 0 Å². The largest absolute Gasteiger partial charge is 0.367 e. The van der Waals surface area contributed by atoms with Crippen LogP contribution in [0.3, 0.4) is 0 Å². The number of piperidine rings is 1. The average Bonchev–Trinajstić information content (AvgIpc) is 2.38. The van der Waals surface area contributed by atoms with Gasteiger partial charge in [-0.1, -0.05) is 29.3 Å². The molecule has 1 fully saturated rings. The monoisotopic (exact) mass is 317 g/mol. The summed E-state index contributed by atoms with van der Waals surface area (Å²) in [7, 11) is 0. The van der Waals surface area contributed by atoms with Crippen molar-refractivity contribution in [3.63, 3.8) is 0 Å². The van der Waals surface area contributed by atoms with E-state index in [9.17, 15) is 8.78 Å². The molecule has 0 N–H and O–H groups in total. The summed E-state index contributed by atoms with van der Waals surface area (Å²) in [5, 5.41) is 0.471. The molecule has 1 aliphatic heterocycles. The minimum atomic E-state index is -0.443. The smallest absolute Gasteiger partial charge is 0.149 e. The van der Waals surface area contributed by atoms with Gasteiger partial charge in [-0.15, -0.1) is 0 Å². The van der Waals surface area contributed by atoms with E-state index in [1.54, 1.807) is 0 Å². The lowest BCUT2D eigenvalue weighted by molar-refractivity contribution is 0.397. The Hall–Kier alpha value is -0.640. The number of hydrogen-bond acceptors (Lipinski definition) is 1. The van der Waals surface area contributed by atoms with Crippen molar-refractivity contribution in [3.05, 3.63) is 29.3 Å². The summed E-state index contributed by atoms with van der Waals surface area (Å²) in [4.78, 5) is 1.86. The Morgan fingerprint density at radius 3 is 2.56 bits per heavy atom. The van der Waals surface area contributed by atoms with Gasteiger partial charge in [-0.3, -0.25) is 0 Å². The van der Waals surface area contributed by atoms with Crippen LogP contribution in [0.2, 0.25) is 0 Å². The van der Waals surface area contributed by atoms with Gasteiger partial charge in [0.15, 0.2) is 0 Å². The first-order valence-electron chi connectivity index (χ1n) is 6.44. The van der Waals surface area contributed by atoms with Crippen LogP contribution in [-0.4, -0.2) is 13.1 Å². The molecule has 0 bridgehead atoms. The summed E-state index contributed by atoms with van der Waals surface area (Å²) in [5.41, 5.74) is 0.788. The average molecular weight is 318 g/mol. The molecular weight excluding hydrogens is 300 g/mol. The summed E-state index contributed by atoms with van der Waals surface area (Å²) in [6.45, 7) is 3.64. The van der Waals surface area contributed by atoms with E-state index in [0.717, 1.165) is 32.4 Å². The molecule has 1 saturated heterocycles. The van der Waals surface area contributed by atoms with E-state index in [4.69, 9.17) is 0 Å². The molecule has 18 heavy (non-hydrogen) atoms. The Labute approximate surface area is 115 Å². The fraction of sp³-hybridized carbons (Fsp3) is 0.571. The minimum absolute atomic E-state index is 0.151. The van der Waals surface area contributed by atoms with Crippen LogP contribution in [0.1, 0.15) is 31.7 Å². The molecule has 1 nitrogen and oxygen atoms in total. The molecule has 1 atom stereocenters. The molecule has 1 aliphatic rings. The van der Waals surface area contributed by atoms with E-state index in [2.05, 4.69) is 22.9 Å². The van der Waals surface area contributed by atoms with Crippen molar-refractivity contribution in [1.82, 2.24) is 0 Å². The second-order valence-electron chi connectivity index (χ2n) is 4.90. The molecule has 0 amide bonds. The Balaban J connectivity index is 2.27. The normalized spacial score (nSPS) is 20.2. The fourth-order valence-corrected chi connectivity index (χ4v) is 2.92. The van der Waals surface area contributed by atoms with Gasteiger partial charge in [-0.05, 0) is 36.5 Å². The van der Waals surface area contributed by atoms with Gasteiger partial charge in [-0.25, -0.2) is 8.78 Å². The molecular formula is C14H18BrF2N. The highest BCUT2D eigenvalue weighted by Gasteiger charge is 2.23. The summed E-state index contributed by atoms with van der Waals surface area (Å²) in [5.74, 6) is -0.337. The molecule has 2 rings (SSSR count). The maximum absolute atomic E-state index is 14.0. The maximum atomic E-state index is 14.0. The number of halogens is 3. The van der Waals surface area contributed by atoms with Gasteiger partial charge < -0.3 is 4.90 Å². The van der Waals surface area contributed by atoms with E-state index < -0.39 is 11.6 Å². The number of alkyl halides is 1. The first-order chi connectivity index (χ1) is 8.65. The van der Waals surface area contributed by atoms with Gasteiger partial charge in [0.1, 0.15) is 17.3 Å². The molecule has 1 heterocycles. The van der Waals surface area contributed by atoms with E-state index in [1.165, 1.54) is 12.1 Å². The molecule has 4 heteroatoms. The maximum Gasteiger partial charge on any atom is 0.149 e. The molecule has 100 valence electrons. The van der Waals surface area contributed by atoms with Gasteiger partial charge >= 0.3 is 0 Å². The number of rotatable bonds is 3. The fourth-order valence-electron chi connectivity index (χ4n) is 2.60. The van der Waals surface area contributed by atoms with Crippen LogP contribution in [0.4, 0.5) is 14.5 Å². The predicted molar refractivity (Wildman–Crippen MR) is 74.2 cm³/mol. The highest BCUT2D eigenvalue weighted by molar-refractivity contribution is 9.08. The van der Waals surface area contributed by atoms with Crippen molar-refractivity contribution in [1.29, 1.82) is 0 Å². The molecule has 1 unspecified atom stereocenters. The van der Waals surface area contributed by atoms with Crippen molar-refractivity contribution in [3.8, 4) is 0 Å². The summed E-state index contributed by atoms with van der Waals surface area (Å²) in [6.07, 6.45) is 3.24. The topological polar surface area (TPSA) is 3.24 Å². The first kappa shape index (κ1) is 13.8. The van der Waals surface area contributed by atoms with E-state index in [1.807, 2.05) is 4.90 Å². The summed E-state index contributed by atoms with van der Waals surface area (Å²) >= 11 is 3.22. The highest BCUT2D eigenvalue weighted by Crippen LogP contribution is 2.30. The van der Waals surface area contributed by atoms with Crippen LogP contribution in [-0.2, 0) is 5.33 Å². The van der Waals surface area contributed by atoms with E-state index in [-0.39, 0.29) is 5.69 Å². The molecule has 0 saturated carbocycles. The lowest BCUT2D eigenvalue weighted by Crippen LogP contribution is -2.36. The van der Waals surface area contributed by atoms with Crippen LogP contribution < -0.4 is 4.90 Å². The molecule has 1 aromatic rings. The zero-order valence-electron chi connectivity index (χ0n) is 10.6. The van der Waals surface area contributed by atoms with Crippen molar-refractivity contribution >= 4 is 21.6 Å². The Kier molecular flexibility index (Phi) is 4.60. The number of benzene rings is 1. The molecule has 0 aromatic heterocycles. The standard InChI is InChI=1S/C14H18BrF2N/c1-2-10-4-3-5-18(9-10)14-12(16)6-11(8-15)7-13(14)17/h6-7,10H,2-5,8-9H2,1H3. The van der Waals surface area contributed by atoms with Crippen molar-refractivity contribution in [2.75, 3.05) is 18.0 Å². The van der Waals surface area contributed by atoms with Crippen LogP contribution in [0.25, 0.3) is 0 Å². The van der Waals surface area contributed by atoms with Gasteiger partial charge in [0, 0.05) is 18.4 Å². The van der Waals surface area contributed by atoms with E-state index >= 15 is 0 Å².